The Hall–Kier alpha value is -3.32. The van der Waals surface area contributed by atoms with Gasteiger partial charge in [-0.2, -0.15) is 10.5 Å². The van der Waals surface area contributed by atoms with Gasteiger partial charge in [-0.3, -0.25) is 10.1 Å². The Kier molecular flexibility index (Phi) is 5.30. The number of allylic oxidation sites excluding steroid dienone is 2. The number of hydrogen-bond donors (Lipinski definition) is 1. The summed E-state index contributed by atoms with van der Waals surface area (Å²) in [5.74, 6) is 0.105. The summed E-state index contributed by atoms with van der Waals surface area (Å²) in [5.41, 5.74) is 0.298. The molecule has 0 spiro atoms. The second-order valence-corrected chi connectivity index (χ2v) is 3.45. The molecule has 7 nitrogen and oxygen atoms in total. The summed E-state index contributed by atoms with van der Waals surface area (Å²) in [5, 5.41) is 30.8. The van der Waals surface area contributed by atoms with Crippen molar-refractivity contribution in [2.45, 2.75) is 0 Å². The van der Waals surface area contributed by atoms with Gasteiger partial charge in [0.2, 0.25) is 0 Å². The van der Waals surface area contributed by atoms with E-state index in [1.807, 2.05) is 0 Å². The molecule has 0 aromatic heterocycles. The number of nitro groups is 1. The molecule has 1 N–H and O–H groups in total. The van der Waals surface area contributed by atoms with E-state index in [4.69, 9.17) is 15.3 Å². The summed E-state index contributed by atoms with van der Waals surface area (Å²) in [6.07, 6.45) is 2.81. The number of anilines is 1. The Balaban J connectivity index is 2.87. The van der Waals surface area contributed by atoms with E-state index in [1.165, 1.54) is 37.6 Å². The smallest absolute Gasteiger partial charge is 0.271 e. The lowest BCUT2D eigenvalue weighted by atomic mass is 10.2. The largest absolute Gasteiger partial charge is 0.495 e. The summed E-state index contributed by atoms with van der Waals surface area (Å²) in [7, 11) is 1.34. The Morgan fingerprint density at radius 1 is 1.45 bits per heavy atom. The van der Waals surface area contributed by atoms with Gasteiger partial charge in [-0.25, -0.2) is 0 Å². The molecule has 0 aliphatic rings. The minimum absolute atomic E-state index is 0.0411. The van der Waals surface area contributed by atoms with E-state index < -0.39 is 4.92 Å². The normalized spacial score (nSPS) is 9.35. The zero-order valence-electron chi connectivity index (χ0n) is 10.5. The maximum absolute atomic E-state index is 10.6. The number of nitro benzene ring substituents is 1. The first kappa shape index (κ1) is 14.7. The van der Waals surface area contributed by atoms with Crippen LogP contribution in [-0.2, 0) is 4.74 Å². The van der Waals surface area contributed by atoms with Crippen LogP contribution < -0.4 is 5.32 Å². The average Bonchev–Trinajstić information content (AvgIpc) is 2.47. The van der Waals surface area contributed by atoms with E-state index in [1.54, 1.807) is 18.2 Å². The van der Waals surface area contributed by atoms with Gasteiger partial charge in [0.15, 0.2) is 5.57 Å². The Labute approximate surface area is 115 Å². The Morgan fingerprint density at radius 2 is 2.15 bits per heavy atom. The van der Waals surface area contributed by atoms with Crippen LogP contribution in [0.1, 0.15) is 0 Å². The van der Waals surface area contributed by atoms with Gasteiger partial charge in [0, 0.05) is 24.0 Å². The second-order valence-electron chi connectivity index (χ2n) is 3.45. The molecule has 0 heterocycles. The Bertz CT molecular complexity index is 634. The summed E-state index contributed by atoms with van der Waals surface area (Å²) in [6, 6.07) is 9.31. The van der Waals surface area contributed by atoms with Crippen molar-refractivity contribution in [2.24, 2.45) is 0 Å². The number of hydrogen-bond acceptors (Lipinski definition) is 6. The molecule has 20 heavy (non-hydrogen) atoms. The van der Waals surface area contributed by atoms with Crippen LogP contribution in [0.4, 0.5) is 11.4 Å². The van der Waals surface area contributed by atoms with Gasteiger partial charge < -0.3 is 10.1 Å². The van der Waals surface area contributed by atoms with Crippen LogP contribution in [0, 0.1) is 32.8 Å². The summed E-state index contributed by atoms with van der Waals surface area (Å²) >= 11 is 0. The fourth-order valence-electron chi connectivity index (χ4n) is 1.31. The van der Waals surface area contributed by atoms with Gasteiger partial charge in [0.1, 0.15) is 17.9 Å². The fraction of sp³-hybridized carbons (Fsp3) is 0.0769. The minimum atomic E-state index is -0.501. The molecular weight excluding hydrogens is 260 g/mol. The number of benzene rings is 1. The lowest BCUT2D eigenvalue weighted by molar-refractivity contribution is -0.384. The van der Waals surface area contributed by atoms with Crippen molar-refractivity contribution in [3.63, 3.8) is 0 Å². The van der Waals surface area contributed by atoms with E-state index in [0.717, 1.165) is 0 Å². The van der Waals surface area contributed by atoms with Crippen molar-refractivity contribution in [3.05, 3.63) is 58.0 Å². The highest BCUT2D eigenvalue weighted by Gasteiger charge is 2.05. The summed E-state index contributed by atoms with van der Waals surface area (Å²) in [4.78, 5) is 10.1. The van der Waals surface area contributed by atoms with Crippen molar-refractivity contribution >= 4 is 11.4 Å². The lowest BCUT2D eigenvalue weighted by Crippen LogP contribution is -1.93. The second kappa shape index (κ2) is 7.19. The van der Waals surface area contributed by atoms with Crippen LogP contribution in [0.15, 0.2) is 47.9 Å². The molecule has 1 aromatic carbocycles. The van der Waals surface area contributed by atoms with E-state index in [-0.39, 0.29) is 17.0 Å². The number of nitrogens with zero attached hydrogens (tertiary/aromatic N) is 3. The third-order valence-corrected chi connectivity index (χ3v) is 2.23. The van der Waals surface area contributed by atoms with Gasteiger partial charge in [-0.1, -0.05) is 6.07 Å². The molecule has 1 rings (SSSR count). The maximum atomic E-state index is 10.6. The van der Waals surface area contributed by atoms with Crippen LogP contribution in [0.3, 0.4) is 0 Å². The zero-order chi connectivity index (χ0) is 15.0. The van der Waals surface area contributed by atoms with E-state index in [0.29, 0.717) is 5.69 Å². The topological polar surface area (TPSA) is 112 Å². The highest BCUT2D eigenvalue weighted by atomic mass is 16.6. The molecular formula is C13H10N4O3. The zero-order valence-corrected chi connectivity index (χ0v) is 10.5. The highest BCUT2D eigenvalue weighted by Crippen LogP contribution is 2.17. The first-order valence-electron chi connectivity index (χ1n) is 5.38. The molecule has 0 saturated carbocycles. The standard InChI is InChI=1S/C13H10N4O3/c1-20-13(10(8-14)9-15)5-6-16-11-3-2-4-12(7-11)17(18)19/h2-7,16H,1H3/b6-5+. The molecule has 0 amide bonds. The van der Waals surface area contributed by atoms with E-state index in [2.05, 4.69) is 5.32 Å². The molecule has 100 valence electrons. The average molecular weight is 270 g/mol. The molecule has 1 aromatic rings. The fourth-order valence-corrected chi connectivity index (χ4v) is 1.31. The maximum Gasteiger partial charge on any atom is 0.271 e. The van der Waals surface area contributed by atoms with Gasteiger partial charge in [0.05, 0.1) is 12.0 Å². The number of nitrogens with one attached hydrogen (secondary N) is 1. The van der Waals surface area contributed by atoms with Crippen molar-refractivity contribution < 1.29 is 9.66 Å². The molecule has 0 fully saturated rings. The van der Waals surface area contributed by atoms with Crippen LogP contribution in [0.5, 0.6) is 0 Å². The van der Waals surface area contributed by atoms with Gasteiger partial charge in [0.25, 0.3) is 5.69 Å². The number of methoxy groups -OCH3 is 1. The molecule has 0 bridgehead atoms. The summed E-state index contributed by atoms with van der Waals surface area (Å²) < 4.78 is 4.89. The van der Waals surface area contributed by atoms with Crippen molar-refractivity contribution in [1.82, 2.24) is 0 Å². The van der Waals surface area contributed by atoms with Gasteiger partial charge >= 0.3 is 0 Å². The van der Waals surface area contributed by atoms with Crippen LogP contribution in [0.25, 0.3) is 0 Å². The molecule has 7 heteroatoms. The third-order valence-electron chi connectivity index (χ3n) is 2.23. The lowest BCUT2D eigenvalue weighted by Gasteiger charge is -2.02. The molecule has 0 radical (unpaired) electrons. The Morgan fingerprint density at radius 3 is 2.70 bits per heavy atom. The first-order chi connectivity index (χ1) is 9.62. The van der Waals surface area contributed by atoms with Crippen LogP contribution in [-0.4, -0.2) is 12.0 Å². The monoisotopic (exact) mass is 270 g/mol. The summed E-state index contributed by atoms with van der Waals surface area (Å²) in [6.45, 7) is 0. The number of non-ortho nitro benzene ring substituents is 1. The number of ether oxygens (including phenoxy) is 1. The predicted octanol–water partition coefficient (Wildman–Crippen LogP) is 2.47. The quantitative estimate of drug-likeness (QED) is 0.289. The first-order valence-corrected chi connectivity index (χ1v) is 5.38. The minimum Gasteiger partial charge on any atom is -0.495 e. The predicted molar refractivity (Wildman–Crippen MR) is 71.1 cm³/mol. The van der Waals surface area contributed by atoms with Crippen LogP contribution >= 0.6 is 0 Å². The SMILES string of the molecule is COC(/C=C/Nc1cccc([N+](=O)[O-])c1)=C(C#N)C#N. The van der Waals surface area contributed by atoms with Gasteiger partial charge in [-0.15, -0.1) is 0 Å². The van der Waals surface area contributed by atoms with Crippen molar-refractivity contribution in [1.29, 1.82) is 10.5 Å². The number of nitriles is 2. The highest BCUT2D eigenvalue weighted by molar-refractivity contribution is 5.53. The molecule has 0 saturated heterocycles. The van der Waals surface area contributed by atoms with Crippen LogP contribution in [0.2, 0.25) is 0 Å². The van der Waals surface area contributed by atoms with Gasteiger partial charge in [-0.05, 0) is 12.1 Å². The van der Waals surface area contributed by atoms with Crippen molar-refractivity contribution in [2.75, 3.05) is 12.4 Å². The molecule has 0 aliphatic heterocycles. The number of rotatable bonds is 5. The molecule has 0 atom stereocenters. The molecule has 0 aliphatic carbocycles. The van der Waals surface area contributed by atoms with Crippen molar-refractivity contribution in [3.8, 4) is 12.1 Å². The third kappa shape index (κ3) is 3.86. The molecule has 0 unspecified atom stereocenters. The van der Waals surface area contributed by atoms with E-state index >= 15 is 0 Å². The van der Waals surface area contributed by atoms with E-state index in [9.17, 15) is 10.1 Å².